The second-order valence-electron chi connectivity index (χ2n) is 7.17. The summed E-state index contributed by atoms with van der Waals surface area (Å²) < 4.78 is 11.2. The van der Waals surface area contributed by atoms with Crippen LogP contribution in [0, 0.1) is 6.92 Å². The lowest BCUT2D eigenvalue weighted by atomic mass is 10.1. The number of amides is 2. The van der Waals surface area contributed by atoms with Crippen LogP contribution in [0.4, 0.5) is 0 Å². The first-order valence-electron chi connectivity index (χ1n) is 10.2. The van der Waals surface area contributed by atoms with Crippen molar-refractivity contribution in [2.75, 3.05) is 13.7 Å². The third-order valence-electron chi connectivity index (χ3n) is 4.62. The van der Waals surface area contributed by atoms with E-state index in [-0.39, 0.29) is 12.5 Å². The number of benzene rings is 3. The second-order valence-corrected chi connectivity index (χ2v) is 7.60. The lowest BCUT2D eigenvalue weighted by Gasteiger charge is -2.11. The number of hydrogen-bond donors (Lipinski definition) is 2. The minimum atomic E-state index is -0.443. The lowest BCUT2D eigenvalue weighted by molar-refractivity contribution is -0.120. The molecule has 0 saturated heterocycles. The summed E-state index contributed by atoms with van der Waals surface area (Å²) in [6, 6.07) is 19.8. The minimum absolute atomic E-state index is 0.190. The topological polar surface area (TPSA) is 89.0 Å². The van der Waals surface area contributed by atoms with E-state index in [0.29, 0.717) is 34.3 Å². The molecule has 0 unspecified atom stereocenters. The highest BCUT2D eigenvalue weighted by Crippen LogP contribution is 2.28. The van der Waals surface area contributed by atoms with Crippen LogP contribution in [0.3, 0.4) is 0 Å². The number of rotatable bonds is 9. The largest absolute Gasteiger partial charge is 0.493 e. The minimum Gasteiger partial charge on any atom is -0.493 e. The van der Waals surface area contributed by atoms with E-state index in [9.17, 15) is 9.59 Å². The average Bonchev–Trinajstić information content (AvgIpc) is 2.83. The van der Waals surface area contributed by atoms with Crippen molar-refractivity contribution in [1.29, 1.82) is 0 Å². The molecular formula is C25H24ClN3O4. The van der Waals surface area contributed by atoms with Crippen molar-refractivity contribution in [2.45, 2.75) is 13.5 Å². The Labute approximate surface area is 197 Å². The van der Waals surface area contributed by atoms with Crippen LogP contribution >= 0.6 is 11.6 Å². The summed E-state index contributed by atoms with van der Waals surface area (Å²) in [6.07, 6.45) is 1.48. The molecule has 0 heterocycles. The molecule has 2 amide bonds. The highest BCUT2D eigenvalue weighted by Gasteiger charge is 2.08. The first-order chi connectivity index (χ1) is 15.9. The maximum absolute atomic E-state index is 12.1. The fourth-order valence-electron chi connectivity index (χ4n) is 2.81. The molecule has 3 aromatic rings. The molecule has 7 nitrogen and oxygen atoms in total. The summed E-state index contributed by atoms with van der Waals surface area (Å²) in [5, 5.41) is 7.15. The van der Waals surface area contributed by atoms with Crippen molar-refractivity contribution in [3.8, 4) is 11.5 Å². The van der Waals surface area contributed by atoms with Crippen LogP contribution < -0.4 is 20.2 Å². The van der Waals surface area contributed by atoms with E-state index >= 15 is 0 Å². The number of ether oxygens (including phenoxy) is 2. The van der Waals surface area contributed by atoms with E-state index in [2.05, 4.69) is 15.8 Å². The van der Waals surface area contributed by atoms with Gasteiger partial charge in [0.05, 0.1) is 19.9 Å². The van der Waals surface area contributed by atoms with Gasteiger partial charge in [-0.05, 0) is 60.5 Å². The molecule has 0 aliphatic carbocycles. The summed E-state index contributed by atoms with van der Waals surface area (Å²) in [7, 11) is 1.55. The molecule has 0 aromatic heterocycles. The third-order valence-corrected chi connectivity index (χ3v) is 4.87. The second kappa shape index (κ2) is 11.7. The predicted molar refractivity (Wildman–Crippen MR) is 128 cm³/mol. The molecule has 0 aliphatic rings. The van der Waals surface area contributed by atoms with E-state index in [0.717, 1.165) is 11.1 Å². The molecule has 2 N–H and O–H groups in total. The Morgan fingerprint density at radius 2 is 1.73 bits per heavy atom. The van der Waals surface area contributed by atoms with E-state index in [4.69, 9.17) is 21.1 Å². The fraction of sp³-hybridized carbons (Fsp3) is 0.160. The Bertz CT molecular complexity index is 1130. The summed E-state index contributed by atoms with van der Waals surface area (Å²) in [6.45, 7) is 2.11. The van der Waals surface area contributed by atoms with Gasteiger partial charge in [-0.2, -0.15) is 5.10 Å². The quantitative estimate of drug-likeness (QED) is 0.367. The molecule has 0 radical (unpaired) electrons. The fourth-order valence-corrected chi connectivity index (χ4v) is 2.94. The number of nitrogens with zero attached hydrogens (tertiary/aromatic N) is 1. The zero-order valence-corrected chi connectivity index (χ0v) is 19.1. The number of methoxy groups -OCH3 is 1. The molecule has 3 rings (SSSR count). The maximum atomic E-state index is 12.1. The number of carbonyl (C=O) groups excluding carboxylic acids is 2. The Kier molecular flexibility index (Phi) is 8.43. The van der Waals surface area contributed by atoms with Gasteiger partial charge in [-0.3, -0.25) is 9.59 Å². The molecule has 33 heavy (non-hydrogen) atoms. The van der Waals surface area contributed by atoms with E-state index in [1.54, 1.807) is 49.6 Å². The van der Waals surface area contributed by atoms with Gasteiger partial charge in [-0.1, -0.05) is 41.4 Å². The van der Waals surface area contributed by atoms with Crippen molar-refractivity contribution in [3.63, 3.8) is 0 Å². The van der Waals surface area contributed by atoms with Crippen molar-refractivity contribution in [1.82, 2.24) is 10.7 Å². The van der Waals surface area contributed by atoms with Crippen molar-refractivity contribution < 1.29 is 19.1 Å². The molecule has 3 aromatic carbocycles. The van der Waals surface area contributed by atoms with Gasteiger partial charge in [0, 0.05) is 10.6 Å². The van der Waals surface area contributed by atoms with Crippen LogP contribution in [0.5, 0.6) is 11.5 Å². The van der Waals surface area contributed by atoms with Gasteiger partial charge in [0.25, 0.3) is 11.8 Å². The molecule has 0 bridgehead atoms. The van der Waals surface area contributed by atoms with Crippen LogP contribution in [0.1, 0.15) is 27.0 Å². The first kappa shape index (κ1) is 23.8. The number of hydrazone groups is 1. The number of hydrogen-bond acceptors (Lipinski definition) is 5. The summed E-state index contributed by atoms with van der Waals surface area (Å²) >= 11 is 5.90. The van der Waals surface area contributed by atoms with Gasteiger partial charge in [-0.25, -0.2) is 5.43 Å². The Morgan fingerprint density at radius 1 is 1.00 bits per heavy atom. The Hall–Kier alpha value is -3.84. The average molecular weight is 466 g/mol. The molecule has 0 fully saturated rings. The van der Waals surface area contributed by atoms with Gasteiger partial charge in [0.1, 0.15) is 6.61 Å². The normalized spacial score (nSPS) is 10.6. The smallest absolute Gasteiger partial charge is 0.259 e. The Balaban J connectivity index is 1.49. The van der Waals surface area contributed by atoms with Crippen LogP contribution in [-0.4, -0.2) is 31.7 Å². The van der Waals surface area contributed by atoms with Gasteiger partial charge in [-0.15, -0.1) is 0 Å². The number of nitrogens with one attached hydrogen (secondary N) is 2. The van der Waals surface area contributed by atoms with Gasteiger partial charge >= 0.3 is 0 Å². The third kappa shape index (κ3) is 7.36. The van der Waals surface area contributed by atoms with Crippen LogP contribution in [0.15, 0.2) is 71.8 Å². The molecule has 8 heteroatoms. The summed E-state index contributed by atoms with van der Waals surface area (Å²) in [5.41, 5.74) is 5.60. The zero-order chi connectivity index (χ0) is 23.6. The summed E-state index contributed by atoms with van der Waals surface area (Å²) in [4.78, 5) is 24.0. The van der Waals surface area contributed by atoms with Gasteiger partial charge in [0.15, 0.2) is 11.5 Å². The van der Waals surface area contributed by atoms with Crippen LogP contribution in [-0.2, 0) is 11.4 Å². The highest BCUT2D eigenvalue weighted by molar-refractivity contribution is 6.30. The highest BCUT2D eigenvalue weighted by atomic mass is 35.5. The molecule has 0 spiro atoms. The van der Waals surface area contributed by atoms with Crippen LogP contribution in [0.25, 0.3) is 0 Å². The Morgan fingerprint density at radius 3 is 2.42 bits per heavy atom. The number of halogens is 1. The van der Waals surface area contributed by atoms with Gasteiger partial charge < -0.3 is 14.8 Å². The van der Waals surface area contributed by atoms with Crippen molar-refractivity contribution in [3.05, 3.63) is 94.0 Å². The standard InChI is InChI=1S/C25H24ClN3O4/c1-17-3-8-20(9-4-17)25(31)27-15-24(30)29-28-14-19-7-12-22(23(13-19)32-2)33-16-18-5-10-21(26)11-6-18/h3-14H,15-16H2,1-2H3,(H,27,31)(H,29,30)/b28-14-. The van der Waals surface area contributed by atoms with E-state index in [1.165, 1.54) is 6.21 Å². The predicted octanol–water partition coefficient (Wildman–Crippen LogP) is 4.12. The first-order valence-corrected chi connectivity index (χ1v) is 10.5. The number of aryl methyl sites for hydroxylation is 1. The van der Waals surface area contributed by atoms with E-state index in [1.807, 2.05) is 31.2 Å². The van der Waals surface area contributed by atoms with E-state index < -0.39 is 5.91 Å². The molecule has 0 aliphatic heterocycles. The molecule has 0 atom stereocenters. The lowest BCUT2D eigenvalue weighted by Crippen LogP contribution is -2.34. The van der Waals surface area contributed by atoms with Gasteiger partial charge in [0.2, 0.25) is 0 Å². The SMILES string of the molecule is COc1cc(/C=N\NC(=O)CNC(=O)c2ccc(C)cc2)ccc1OCc1ccc(Cl)cc1. The molecule has 170 valence electrons. The molecular weight excluding hydrogens is 442 g/mol. The monoisotopic (exact) mass is 465 g/mol. The van der Waals surface area contributed by atoms with Crippen molar-refractivity contribution in [2.24, 2.45) is 5.10 Å². The van der Waals surface area contributed by atoms with Crippen molar-refractivity contribution >= 4 is 29.6 Å². The van der Waals surface area contributed by atoms with Crippen LogP contribution in [0.2, 0.25) is 5.02 Å². The summed E-state index contributed by atoms with van der Waals surface area (Å²) in [5.74, 6) is 0.340. The molecule has 0 saturated carbocycles. The zero-order valence-electron chi connectivity index (χ0n) is 18.3. The number of carbonyl (C=O) groups is 2. The maximum Gasteiger partial charge on any atom is 0.259 e.